The van der Waals surface area contributed by atoms with Crippen LogP contribution in [0.3, 0.4) is 0 Å². The van der Waals surface area contributed by atoms with Crippen molar-refractivity contribution in [3.63, 3.8) is 0 Å². The van der Waals surface area contributed by atoms with Crippen molar-refractivity contribution in [1.82, 2.24) is 30.3 Å². The van der Waals surface area contributed by atoms with Crippen LogP contribution in [-0.2, 0) is 4.79 Å². The van der Waals surface area contributed by atoms with Gasteiger partial charge < -0.3 is 9.84 Å². The third-order valence-corrected chi connectivity index (χ3v) is 3.40. The highest BCUT2D eigenvalue weighted by Gasteiger charge is 2.34. The molecule has 0 unspecified atom stereocenters. The monoisotopic (exact) mass is 316 g/mol. The summed E-state index contributed by atoms with van der Waals surface area (Å²) in [7, 11) is 0. The third kappa shape index (κ3) is 3.89. The van der Waals surface area contributed by atoms with E-state index in [1.54, 1.807) is 18.5 Å². The van der Waals surface area contributed by atoms with Crippen LogP contribution in [0.4, 0.5) is 0 Å². The lowest BCUT2D eigenvalue weighted by molar-refractivity contribution is -0.124. The lowest BCUT2D eigenvalue weighted by atomic mass is 10.00. The molecule has 1 N–H and O–H groups in total. The van der Waals surface area contributed by atoms with Gasteiger partial charge >= 0.3 is 0 Å². The molecule has 0 spiro atoms. The Bertz CT molecular complexity index is 673. The second-order valence-electron chi connectivity index (χ2n) is 6.72. The summed E-state index contributed by atoms with van der Waals surface area (Å²) in [5, 5.41) is 6.86. The molecule has 0 aromatic carbocycles. The van der Waals surface area contributed by atoms with Crippen LogP contribution in [-0.4, -0.2) is 56.1 Å². The number of carbonyl (C=O) groups excluding carboxylic acids is 1. The van der Waals surface area contributed by atoms with Crippen molar-refractivity contribution < 1.29 is 9.32 Å². The Morgan fingerprint density at radius 3 is 2.65 bits per heavy atom. The Hall–Kier alpha value is -2.35. The van der Waals surface area contributed by atoms with Gasteiger partial charge in [0.15, 0.2) is 0 Å². The van der Waals surface area contributed by atoms with Crippen molar-refractivity contribution in [2.75, 3.05) is 19.6 Å². The van der Waals surface area contributed by atoms with E-state index in [2.05, 4.69) is 30.3 Å². The first kappa shape index (κ1) is 15.5. The number of amides is 1. The van der Waals surface area contributed by atoms with Crippen LogP contribution in [0.25, 0.3) is 11.6 Å². The van der Waals surface area contributed by atoms with Crippen molar-refractivity contribution >= 4 is 5.91 Å². The first-order chi connectivity index (χ1) is 10.9. The summed E-state index contributed by atoms with van der Waals surface area (Å²) in [5.74, 6) is 1.59. The molecule has 0 atom stereocenters. The number of aromatic nitrogens is 4. The molecule has 8 nitrogen and oxygen atoms in total. The van der Waals surface area contributed by atoms with Crippen LogP contribution < -0.4 is 5.32 Å². The van der Waals surface area contributed by atoms with Crippen molar-refractivity contribution in [3.8, 4) is 11.6 Å². The third-order valence-electron chi connectivity index (χ3n) is 3.40. The Labute approximate surface area is 134 Å². The fourth-order valence-corrected chi connectivity index (χ4v) is 2.42. The zero-order valence-corrected chi connectivity index (χ0v) is 13.5. The van der Waals surface area contributed by atoms with E-state index < -0.39 is 0 Å². The molecule has 1 aliphatic rings. The van der Waals surface area contributed by atoms with Crippen LogP contribution in [0, 0.1) is 0 Å². The zero-order valence-electron chi connectivity index (χ0n) is 13.5. The van der Waals surface area contributed by atoms with Gasteiger partial charge in [-0.15, -0.1) is 0 Å². The van der Waals surface area contributed by atoms with E-state index in [1.807, 2.05) is 20.8 Å². The fourth-order valence-electron chi connectivity index (χ4n) is 2.42. The van der Waals surface area contributed by atoms with Crippen molar-refractivity contribution in [2.24, 2.45) is 0 Å². The standard InChI is InChI=1S/C15H20N6O2/c1-15(2,3)19-11(22)9-21-7-10(8-21)14-18-13(20-23-14)12-16-5-4-6-17-12/h4-6,10H,7-9H2,1-3H3,(H,19,22). The van der Waals surface area contributed by atoms with Crippen LogP contribution in [0.5, 0.6) is 0 Å². The van der Waals surface area contributed by atoms with Gasteiger partial charge in [0.05, 0.1) is 12.5 Å². The summed E-state index contributed by atoms with van der Waals surface area (Å²) in [6.07, 6.45) is 3.27. The first-order valence-electron chi connectivity index (χ1n) is 7.55. The molecule has 0 saturated carbocycles. The van der Waals surface area contributed by atoms with E-state index in [1.165, 1.54) is 0 Å². The van der Waals surface area contributed by atoms with E-state index in [4.69, 9.17) is 4.52 Å². The Morgan fingerprint density at radius 2 is 2.00 bits per heavy atom. The molecule has 3 heterocycles. The zero-order chi connectivity index (χ0) is 16.4. The summed E-state index contributed by atoms with van der Waals surface area (Å²) in [5.41, 5.74) is -0.210. The molecule has 1 fully saturated rings. The maximum atomic E-state index is 11.9. The molecule has 23 heavy (non-hydrogen) atoms. The molecule has 2 aromatic rings. The highest BCUT2D eigenvalue weighted by atomic mass is 16.5. The number of rotatable bonds is 4. The van der Waals surface area contributed by atoms with Gasteiger partial charge in [0.1, 0.15) is 0 Å². The molecule has 1 aliphatic heterocycles. The summed E-state index contributed by atoms with van der Waals surface area (Å²) >= 11 is 0. The highest BCUT2D eigenvalue weighted by molar-refractivity contribution is 5.78. The van der Waals surface area contributed by atoms with E-state index in [0.29, 0.717) is 24.1 Å². The average Bonchev–Trinajstić information content (AvgIpc) is 2.90. The second-order valence-corrected chi connectivity index (χ2v) is 6.72. The minimum atomic E-state index is -0.210. The molecule has 2 aromatic heterocycles. The minimum absolute atomic E-state index is 0.0276. The maximum Gasteiger partial charge on any atom is 0.240 e. The molecule has 0 radical (unpaired) electrons. The molecule has 1 saturated heterocycles. The molecule has 3 rings (SSSR count). The Kier molecular flexibility index (Phi) is 4.08. The molecular weight excluding hydrogens is 296 g/mol. The Morgan fingerprint density at radius 1 is 1.30 bits per heavy atom. The lowest BCUT2D eigenvalue weighted by Gasteiger charge is -2.37. The topological polar surface area (TPSA) is 97.0 Å². The van der Waals surface area contributed by atoms with Crippen LogP contribution >= 0.6 is 0 Å². The molecular formula is C15H20N6O2. The van der Waals surface area contributed by atoms with Gasteiger partial charge in [-0.2, -0.15) is 4.98 Å². The summed E-state index contributed by atoms with van der Waals surface area (Å²) in [4.78, 5) is 26.5. The van der Waals surface area contributed by atoms with Crippen LogP contribution in [0.15, 0.2) is 23.0 Å². The predicted octanol–water partition coefficient (Wildman–Crippen LogP) is 0.840. The SMILES string of the molecule is CC(C)(C)NC(=O)CN1CC(c2nc(-c3ncccn3)no2)C1. The molecule has 8 heteroatoms. The number of nitrogens with one attached hydrogen (secondary N) is 1. The van der Waals surface area contributed by atoms with E-state index in [0.717, 1.165) is 13.1 Å². The predicted molar refractivity (Wildman–Crippen MR) is 82.4 cm³/mol. The summed E-state index contributed by atoms with van der Waals surface area (Å²) < 4.78 is 5.29. The Balaban J connectivity index is 1.52. The summed E-state index contributed by atoms with van der Waals surface area (Å²) in [6, 6.07) is 1.73. The van der Waals surface area contributed by atoms with Crippen molar-refractivity contribution in [3.05, 3.63) is 24.4 Å². The average molecular weight is 316 g/mol. The van der Waals surface area contributed by atoms with Crippen molar-refractivity contribution in [1.29, 1.82) is 0 Å². The molecule has 122 valence electrons. The number of likely N-dealkylation sites (tertiary alicyclic amines) is 1. The van der Waals surface area contributed by atoms with Gasteiger partial charge in [-0.1, -0.05) is 5.16 Å². The summed E-state index contributed by atoms with van der Waals surface area (Å²) in [6.45, 7) is 7.75. The van der Waals surface area contributed by atoms with Gasteiger partial charge in [-0.05, 0) is 26.8 Å². The van der Waals surface area contributed by atoms with Gasteiger partial charge in [0.25, 0.3) is 0 Å². The maximum absolute atomic E-state index is 11.9. The van der Waals surface area contributed by atoms with Crippen molar-refractivity contribution in [2.45, 2.75) is 32.2 Å². The largest absolute Gasteiger partial charge is 0.350 e. The minimum Gasteiger partial charge on any atom is -0.350 e. The molecule has 1 amide bonds. The fraction of sp³-hybridized carbons (Fsp3) is 0.533. The van der Waals surface area contributed by atoms with Gasteiger partial charge in [-0.25, -0.2) is 9.97 Å². The molecule has 0 bridgehead atoms. The van der Waals surface area contributed by atoms with E-state index >= 15 is 0 Å². The van der Waals surface area contributed by atoms with Crippen LogP contribution in [0.2, 0.25) is 0 Å². The van der Waals surface area contributed by atoms with Crippen LogP contribution in [0.1, 0.15) is 32.6 Å². The second kappa shape index (κ2) is 6.04. The van der Waals surface area contributed by atoms with Gasteiger partial charge in [0.2, 0.25) is 23.4 Å². The first-order valence-corrected chi connectivity index (χ1v) is 7.55. The number of nitrogens with zero attached hydrogens (tertiary/aromatic N) is 5. The van der Waals surface area contributed by atoms with Gasteiger partial charge in [0, 0.05) is 31.0 Å². The smallest absolute Gasteiger partial charge is 0.240 e. The highest BCUT2D eigenvalue weighted by Crippen LogP contribution is 2.26. The normalized spacial score (nSPS) is 16.1. The quantitative estimate of drug-likeness (QED) is 0.892. The van der Waals surface area contributed by atoms with E-state index in [-0.39, 0.29) is 17.4 Å². The lowest BCUT2D eigenvalue weighted by Crippen LogP contribution is -2.52. The van der Waals surface area contributed by atoms with Gasteiger partial charge in [-0.3, -0.25) is 9.69 Å². The van der Waals surface area contributed by atoms with E-state index in [9.17, 15) is 4.79 Å². The molecule has 0 aliphatic carbocycles. The number of hydrogen-bond acceptors (Lipinski definition) is 7. The number of carbonyl (C=O) groups is 1. The number of hydrogen-bond donors (Lipinski definition) is 1.